The van der Waals surface area contributed by atoms with Gasteiger partial charge in [-0.2, -0.15) is 0 Å². The Kier molecular flexibility index (Phi) is 4.35. The Morgan fingerprint density at radius 1 is 1.17 bits per heavy atom. The minimum atomic E-state index is 0.00229. The third-order valence-corrected chi connectivity index (χ3v) is 6.79. The molecule has 2 saturated heterocycles. The van der Waals surface area contributed by atoms with Crippen LogP contribution < -0.4 is 0 Å². The Morgan fingerprint density at radius 2 is 2.00 bits per heavy atom. The van der Waals surface area contributed by atoms with Crippen molar-refractivity contribution < 1.29 is 14.3 Å². The maximum absolute atomic E-state index is 13.0. The molecule has 5 nitrogen and oxygen atoms in total. The Hall–Kier alpha value is -1.40. The van der Waals surface area contributed by atoms with E-state index in [1.165, 1.54) is 11.3 Å². The van der Waals surface area contributed by atoms with Gasteiger partial charge in [-0.05, 0) is 30.7 Å². The summed E-state index contributed by atoms with van der Waals surface area (Å²) in [4.78, 5) is 30.4. The van der Waals surface area contributed by atoms with Gasteiger partial charge in [-0.25, -0.2) is 0 Å². The molecule has 1 spiro atoms. The molecule has 6 heteroatoms. The van der Waals surface area contributed by atoms with Crippen LogP contribution in [0.3, 0.4) is 0 Å². The molecule has 1 aromatic rings. The number of likely N-dealkylation sites (tertiary alicyclic amines) is 1. The molecule has 1 saturated carbocycles. The molecule has 2 atom stereocenters. The molecule has 0 N–H and O–H groups in total. The molecule has 4 rings (SSSR count). The lowest BCUT2D eigenvalue weighted by Crippen LogP contribution is -2.47. The zero-order valence-corrected chi connectivity index (χ0v) is 14.7. The first-order chi connectivity index (χ1) is 11.7. The molecule has 0 radical (unpaired) electrons. The number of morpholine rings is 1. The monoisotopic (exact) mass is 348 g/mol. The van der Waals surface area contributed by atoms with Crippen LogP contribution in [0.2, 0.25) is 0 Å². The van der Waals surface area contributed by atoms with Crippen LogP contribution in [-0.2, 0) is 9.53 Å². The highest BCUT2D eigenvalue weighted by Crippen LogP contribution is 2.50. The lowest BCUT2D eigenvalue weighted by Gasteiger charge is -2.36. The number of ether oxygens (including phenoxy) is 1. The van der Waals surface area contributed by atoms with Gasteiger partial charge in [0.25, 0.3) is 5.91 Å². The highest BCUT2D eigenvalue weighted by Gasteiger charge is 2.52. The lowest BCUT2D eigenvalue weighted by molar-refractivity contribution is -0.143. The molecular formula is C18H24N2O3S. The summed E-state index contributed by atoms with van der Waals surface area (Å²) in [5, 5.41) is 1.94. The van der Waals surface area contributed by atoms with Crippen molar-refractivity contribution in [2.24, 2.45) is 11.3 Å². The number of hydrogen-bond acceptors (Lipinski definition) is 4. The fourth-order valence-electron chi connectivity index (χ4n) is 4.64. The summed E-state index contributed by atoms with van der Waals surface area (Å²) < 4.78 is 5.37. The van der Waals surface area contributed by atoms with Gasteiger partial charge in [-0.15, -0.1) is 11.3 Å². The standard InChI is InChI=1S/C18H24N2O3S/c21-16(19-8-10-23-11-9-19)14-3-1-5-18(14)6-7-20(13-18)17(22)15-4-2-12-24-15/h2,4,12,14H,1,3,5-11,13H2/t14-,18+/m1/s1. The molecule has 24 heavy (non-hydrogen) atoms. The van der Waals surface area contributed by atoms with Crippen molar-refractivity contribution in [1.29, 1.82) is 0 Å². The summed E-state index contributed by atoms with van der Waals surface area (Å²) in [7, 11) is 0. The van der Waals surface area contributed by atoms with Crippen molar-refractivity contribution in [3.8, 4) is 0 Å². The van der Waals surface area contributed by atoms with Crippen LogP contribution in [-0.4, -0.2) is 61.0 Å². The van der Waals surface area contributed by atoms with Crippen LogP contribution >= 0.6 is 11.3 Å². The van der Waals surface area contributed by atoms with Gasteiger partial charge >= 0.3 is 0 Å². The number of rotatable bonds is 2. The van der Waals surface area contributed by atoms with Gasteiger partial charge in [-0.3, -0.25) is 9.59 Å². The topological polar surface area (TPSA) is 49.9 Å². The SMILES string of the molecule is O=C(c1cccs1)N1CC[C@@]2(CCC[C@@H]2C(=O)N2CCOCC2)C1. The summed E-state index contributed by atoms with van der Waals surface area (Å²) in [5.74, 6) is 0.504. The first-order valence-corrected chi connectivity index (χ1v) is 9.77. The second-order valence-electron chi connectivity index (χ2n) is 7.20. The van der Waals surface area contributed by atoms with Gasteiger partial charge in [0.1, 0.15) is 0 Å². The van der Waals surface area contributed by atoms with Crippen LogP contribution in [0.15, 0.2) is 17.5 Å². The summed E-state index contributed by atoms with van der Waals surface area (Å²) in [6.07, 6.45) is 4.10. The highest BCUT2D eigenvalue weighted by atomic mass is 32.1. The summed E-state index contributed by atoms with van der Waals surface area (Å²) in [5.41, 5.74) is 0.00229. The molecule has 3 fully saturated rings. The summed E-state index contributed by atoms with van der Waals surface area (Å²) >= 11 is 1.50. The number of carbonyl (C=O) groups is 2. The zero-order valence-electron chi connectivity index (χ0n) is 13.9. The molecule has 3 heterocycles. The van der Waals surface area contributed by atoms with E-state index >= 15 is 0 Å². The molecule has 3 aliphatic rings. The lowest BCUT2D eigenvalue weighted by atomic mass is 9.76. The molecule has 2 amide bonds. The number of thiophene rings is 1. The van der Waals surface area contributed by atoms with Crippen LogP contribution in [0.5, 0.6) is 0 Å². The number of carbonyl (C=O) groups excluding carboxylic acids is 2. The van der Waals surface area contributed by atoms with E-state index in [0.29, 0.717) is 32.2 Å². The van der Waals surface area contributed by atoms with E-state index in [2.05, 4.69) is 0 Å². The zero-order chi connectivity index (χ0) is 16.6. The van der Waals surface area contributed by atoms with E-state index in [1.54, 1.807) is 0 Å². The van der Waals surface area contributed by atoms with Crippen LogP contribution in [0, 0.1) is 11.3 Å². The summed E-state index contributed by atoms with van der Waals surface area (Å²) in [6, 6.07) is 3.81. The van der Waals surface area contributed by atoms with E-state index in [9.17, 15) is 9.59 Å². The first-order valence-electron chi connectivity index (χ1n) is 8.89. The predicted octanol–water partition coefficient (Wildman–Crippen LogP) is 2.24. The Bertz CT molecular complexity index is 612. The average molecular weight is 348 g/mol. The van der Waals surface area contributed by atoms with Crippen molar-refractivity contribution in [2.45, 2.75) is 25.7 Å². The van der Waals surface area contributed by atoms with Gasteiger partial charge in [0.2, 0.25) is 5.91 Å². The van der Waals surface area contributed by atoms with E-state index in [-0.39, 0.29) is 17.2 Å². The van der Waals surface area contributed by atoms with Crippen molar-refractivity contribution in [2.75, 3.05) is 39.4 Å². The van der Waals surface area contributed by atoms with E-state index < -0.39 is 0 Å². The van der Waals surface area contributed by atoms with Crippen molar-refractivity contribution in [3.05, 3.63) is 22.4 Å². The van der Waals surface area contributed by atoms with Crippen molar-refractivity contribution in [1.82, 2.24) is 9.80 Å². The third-order valence-electron chi connectivity index (χ3n) is 5.93. The number of nitrogens with zero attached hydrogens (tertiary/aromatic N) is 2. The molecular weight excluding hydrogens is 324 g/mol. The van der Waals surface area contributed by atoms with Crippen molar-refractivity contribution in [3.63, 3.8) is 0 Å². The predicted molar refractivity (Wildman–Crippen MR) is 92.0 cm³/mol. The molecule has 1 aromatic heterocycles. The third kappa shape index (κ3) is 2.75. The Labute approximate surface area is 146 Å². The quantitative estimate of drug-likeness (QED) is 0.824. The normalized spacial score (nSPS) is 30.2. The van der Waals surface area contributed by atoms with E-state index in [1.807, 2.05) is 27.3 Å². The van der Waals surface area contributed by atoms with Gasteiger partial charge in [0.15, 0.2) is 0 Å². The first kappa shape index (κ1) is 16.1. The fourth-order valence-corrected chi connectivity index (χ4v) is 5.33. The molecule has 0 unspecified atom stereocenters. The summed E-state index contributed by atoms with van der Waals surface area (Å²) in [6.45, 7) is 4.24. The maximum atomic E-state index is 13.0. The van der Waals surface area contributed by atoms with E-state index in [4.69, 9.17) is 4.74 Å². The van der Waals surface area contributed by atoms with E-state index in [0.717, 1.165) is 43.6 Å². The minimum Gasteiger partial charge on any atom is -0.378 e. The van der Waals surface area contributed by atoms with Gasteiger partial charge in [0.05, 0.1) is 18.1 Å². The second-order valence-corrected chi connectivity index (χ2v) is 8.15. The highest BCUT2D eigenvalue weighted by molar-refractivity contribution is 7.12. The van der Waals surface area contributed by atoms with Crippen molar-refractivity contribution >= 4 is 23.2 Å². The van der Waals surface area contributed by atoms with Crippen LogP contribution in [0.4, 0.5) is 0 Å². The average Bonchev–Trinajstić information content (AvgIpc) is 3.37. The molecule has 130 valence electrons. The van der Waals surface area contributed by atoms with Crippen LogP contribution in [0.25, 0.3) is 0 Å². The smallest absolute Gasteiger partial charge is 0.263 e. The molecule has 2 aliphatic heterocycles. The number of amides is 2. The number of hydrogen-bond donors (Lipinski definition) is 0. The maximum Gasteiger partial charge on any atom is 0.263 e. The van der Waals surface area contributed by atoms with Crippen LogP contribution in [0.1, 0.15) is 35.4 Å². The van der Waals surface area contributed by atoms with Gasteiger partial charge in [0, 0.05) is 37.5 Å². The second kappa shape index (κ2) is 6.48. The fraction of sp³-hybridized carbons (Fsp3) is 0.667. The minimum absolute atomic E-state index is 0.00229. The van der Waals surface area contributed by atoms with Gasteiger partial charge < -0.3 is 14.5 Å². The largest absolute Gasteiger partial charge is 0.378 e. The Morgan fingerprint density at radius 3 is 2.75 bits per heavy atom. The molecule has 0 aromatic carbocycles. The Balaban J connectivity index is 1.48. The van der Waals surface area contributed by atoms with Gasteiger partial charge in [-0.1, -0.05) is 12.5 Å². The molecule has 0 bridgehead atoms. The molecule has 1 aliphatic carbocycles.